The Morgan fingerprint density at radius 2 is 1.95 bits per heavy atom. The van der Waals surface area contributed by atoms with E-state index in [0.29, 0.717) is 10.6 Å². The summed E-state index contributed by atoms with van der Waals surface area (Å²) in [4.78, 5) is 37.0. The van der Waals surface area contributed by atoms with Gasteiger partial charge in [-0.15, -0.1) is 11.3 Å². The number of rotatable bonds is 2. The number of nitrogens with one attached hydrogen (secondary N) is 2. The van der Waals surface area contributed by atoms with E-state index < -0.39 is 11.8 Å². The van der Waals surface area contributed by atoms with Gasteiger partial charge in [0.05, 0.1) is 21.7 Å². The molecule has 0 bridgehead atoms. The van der Waals surface area contributed by atoms with Crippen molar-refractivity contribution >= 4 is 34.7 Å². The van der Waals surface area contributed by atoms with Gasteiger partial charge in [-0.3, -0.25) is 19.7 Å². The number of hydrogen-bond donors (Lipinski definition) is 2. The van der Waals surface area contributed by atoms with Crippen LogP contribution in [0, 0.1) is 6.92 Å². The van der Waals surface area contributed by atoms with Gasteiger partial charge in [0, 0.05) is 4.88 Å². The van der Waals surface area contributed by atoms with Crippen LogP contribution >= 0.6 is 11.3 Å². The highest BCUT2D eigenvalue weighted by atomic mass is 32.1. The molecule has 3 rings (SSSR count). The number of hydrogen-bond acceptors (Lipinski definition) is 4. The van der Waals surface area contributed by atoms with Gasteiger partial charge < -0.3 is 5.32 Å². The standard InChI is InChI=1S/C14H10N2O3S/c1-7-5-6-10(20-7)13(18)15-9-4-2-3-8-11(9)14(19)16-12(8)17/h2-6H,1H3,(H,15,18)(H,16,17,19). The van der Waals surface area contributed by atoms with Crippen LogP contribution in [0.3, 0.4) is 0 Å². The maximum Gasteiger partial charge on any atom is 0.265 e. The van der Waals surface area contributed by atoms with Gasteiger partial charge >= 0.3 is 0 Å². The summed E-state index contributed by atoms with van der Waals surface area (Å²) in [6.07, 6.45) is 0. The maximum absolute atomic E-state index is 12.1. The summed E-state index contributed by atoms with van der Waals surface area (Å²) in [5.41, 5.74) is 0.858. The van der Waals surface area contributed by atoms with Crippen LogP contribution in [0.15, 0.2) is 30.3 Å². The Hall–Kier alpha value is -2.47. The highest BCUT2D eigenvalue weighted by Gasteiger charge is 2.29. The van der Waals surface area contributed by atoms with E-state index >= 15 is 0 Å². The number of fused-ring (bicyclic) bond motifs is 1. The number of benzene rings is 1. The van der Waals surface area contributed by atoms with Crippen molar-refractivity contribution in [1.29, 1.82) is 0 Å². The monoisotopic (exact) mass is 286 g/mol. The predicted octanol–water partition coefficient (Wildman–Crippen LogP) is 2.19. The minimum atomic E-state index is -0.483. The second-order valence-electron chi connectivity index (χ2n) is 4.38. The Bertz CT molecular complexity index is 749. The fourth-order valence-corrected chi connectivity index (χ4v) is 2.83. The van der Waals surface area contributed by atoms with E-state index in [0.717, 1.165) is 4.88 Å². The van der Waals surface area contributed by atoms with Crippen LogP contribution in [0.4, 0.5) is 5.69 Å². The topological polar surface area (TPSA) is 75.3 Å². The van der Waals surface area contributed by atoms with E-state index in [1.807, 2.05) is 13.0 Å². The van der Waals surface area contributed by atoms with Crippen LogP contribution in [-0.4, -0.2) is 17.7 Å². The van der Waals surface area contributed by atoms with Crippen molar-refractivity contribution in [3.8, 4) is 0 Å². The summed E-state index contributed by atoms with van der Waals surface area (Å²) in [6, 6.07) is 8.37. The van der Waals surface area contributed by atoms with E-state index in [4.69, 9.17) is 0 Å². The van der Waals surface area contributed by atoms with Gasteiger partial charge in [0.1, 0.15) is 0 Å². The largest absolute Gasteiger partial charge is 0.321 e. The van der Waals surface area contributed by atoms with Crippen LogP contribution < -0.4 is 10.6 Å². The second kappa shape index (κ2) is 4.57. The zero-order valence-electron chi connectivity index (χ0n) is 10.5. The van der Waals surface area contributed by atoms with Crippen LogP contribution in [0.2, 0.25) is 0 Å². The quantitative estimate of drug-likeness (QED) is 0.831. The number of carbonyl (C=O) groups is 3. The van der Waals surface area contributed by atoms with Crippen LogP contribution in [0.5, 0.6) is 0 Å². The molecule has 0 radical (unpaired) electrons. The van der Waals surface area contributed by atoms with Crippen molar-refractivity contribution in [3.63, 3.8) is 0 Å². The Labute approximate surface area is 118 Å². The van der Waals surface area contributed by atoms with E-state index in [1.54, 1.807) is 24.3 Å². The molecule has 0 saturated carbocycles. The average Bonchev–Trinajstić information content (AvgIpc) is 2.96. The lowest BCUT2D eigenvalue weighted by atomic mass is 10.1. The van der Waals surface area contributed by atoms with E-state index in [9.17, 15) is 14.4 Å². The van der Waals surface area contributed by atoms with Crippen molar-refractivity contribution in [2.75, 3.05) is 5.32 Å². The van der Waals surface area contributed by atoms with Gasteiger partial charge in [0.25, 0.3) is 17.7 Å². The summed E-state index contributed by atoms with van der Waals surface area (Å²) in [5.74, 6) is -1.21. The molecule has 2 N–H and O–H groups in total. The van der Waals surface area contributed by atoms with Crippen LogP contribution in [0.25, 0.3) is 0 Å². The molecular weight excluding hydrogens is 276 g/mol. The van der Waals surface area contributed by atoms with Gasteiger partial charge in [0.2, 0.25) is 0 Å². The number of anilines is 1. The molecule has 0 spiro atoms. The van der Waals surface area contributed by atoms with Gasteiger partial charge in [-0.1, -0.05) is 6.07 Å². The first-order chi connectivity index (χ1) is 9.56. The van der Waals surface area contributed by atoms with Crippen molar-refractivity contribution in [1.82, 2.24) is 5.32 Å². The molecule has 100 valence electrons. The molecule has 0 aliphatic carbocycles. The molecule has 0 unspecified atom stereocenters. The van der Waals surface area contributed by atoms with Crippen LogP contribution in [0.1, 0.15) is 35.3 Å². The van der Waals surface area contributed by atoms with Gasteiger partial charge in [-0.2, -0.15) is 0 Å². The molecule has 0 saturated heterocycles. The Morgan fingerprint density at radius 1 is 1.15 bits per heavy atom. The summed E-state index contributed by atoms with van der Waals surface area (Å²) in [5, 5.41) is 4.89. The smallest absolute Gasteiger partial charge is 0.265 e. The van der Waals surface area contributed by atoms with Gasteiger partial charge in [-0.25, -0.2) is 0 Å². The molecule has 0 fully saturated rings. The lowest BCUT2D eigenvalue weighted by molar-refractivity contribution is 0.0879. The highest BCUT2D eigenvalue weighted by Crippen LogP contribution is 2.25. The first-order valence-corrected chi connectivity index (χ1v) is 6.74. The fourth-order valence-electron chi connectivity index (χ4n) is 2.06. The third-order valence-electron chi connectivity index (χ3n) is 2.98. The van der Waals surface area contributed by atoms with Crippen molar-refractivity contribution in [2.24, 2.45) is 0 Å². The molecule has 1 aromatic carbocycles. The Morgan fingerprint density at radius 3 is 2.65 bits per heavy atom. The zero-order valence-corrected chi connectivity index (χ0v) is 11.3. The number of carbonyl (C=O) groups excluding carboxylic acids is 3. The van der Waals surface area contributed by atoms with Crippen LogP contribution in [-0.2, 0) is 0 Å². The minimum absolute atomic E-state index is 0.221. The highest BCUT2D eigenvalue weighted by molar-refractivity contribution is 7.14. The SMILES string of the molecule is Cc1ccc(C(=O)Nc2cccc3c2C(=O)NC3=O)s1. The average molecular weight is 286 g/mol. The zero-order chi connectivity index (χ0) is 14.3. The van der Waals surface area contributed by atoms with Gasteiger partial charge in [-0.05, 0) is 31.2 Å². The molecular formula is C14H10N2O3S. The normalized spacial score (nSPS) is 13.1. The van der Waals surface area contributed by atoms with Crippen molar-refractivity contribution < 1.29 is 14.4 Å². The molecule has 0 atom stereocenters. The predicted molar refractivity (Wildman–Crippen MR) is 75.2 cm³/mol. The molecule has 1 aliphatic rings. The minimum Gasteiger partial charge on any atom is -0.321 e. The second-order valence-corrected chi connectivity index (χ2v) is 5.66. The van der Waals surface area contributed by atoms with Crippen molar-refractivity contribution in [3.05, 3.63) is 51.2 Å². The summed E-state index contributed by atoms with van der Waals surface area (Å²) in [7, 11) is 0. The summed E-state index contributed by atoms with van der Waals surface area (Å²) in [6.45, 7) is 1.91. The number of amides is 3. The molecule has 20 heavy (non-hydrogen) atoms. The number of thiophene rings is 1. The first-order valence-electron chi connectivity index (χ1n) is 5.93. The maximum atomic E-state index is 12.1. The lowest BCUT2D eigenvalue weighted by Crippen LogP contribution is -2.20. The summed E-state index contributed by atoms with van der Waals surface area (Å²) < 4.78 is 0. The molecule has 1 aliphatic heterocycles. The Balaban J connectivity index is 1.95. The summed E-state index contributed by atoms with van der Waals surface area (Å²) >= 11 is 1.37. The van der Waals surface area contributed by atoms with E-state index in [1.165, 1.54) is 11.3 Å². The molecule has 1 aromatic heterocycles. The number of aryl methyl sites for hydroxylation is 1. The fraction of sp³-hybridized carbons (Fsp3) is 0.0714. The van der Waals surface area contributed by atoms with E-state index in [2.05, 4.69) is 10.6 Å². The molecule has 2 aromatic rings. The molecule has 2 heterocycles. The molecule has 5 nitrogen and oxygen atoms in total. The van der Waals surface area contributed by atoms with Crippen molar-refractivity contribution in [2.45, 2.75) is 6.92 Å². The van der Waals surface area contributed by atoms with Gasteiger partial charge in [0.15, 0.2) is 0 Å². The Kier molecular flexibility index (Phi) is 2.87. The third-order valence-corrected chi connectivity index (χ3v) is 3.98. The lowest BCUT2D eigenvalue weighted by Gasteiger charge is -2.06. The number of imide groups is 1. The third kappa shape index (κ3) is 2.00. The van der Waals surface area contributed by atoms with E-state index in [-0.39, 0.29) is 17.0 Å². The first kappa shape index (κ1) is 12.6. The molecule has 6 heteroatoms. The molecule has 3 amide bonds.